The third-order valence-electron chi connectivity index (χ3n) is 2.99. The van der Waals surface area contributed by atoms with Gasteiger partial charge in [0, 0.05) is 0 Å². The first kappa shape index (κ1) is 38.6. The van der Waals surface area contributed by atoms with E-state index in [9.17, 15) is 19.8 Å². The molecule has 0 fully saturated rings. The number of aliphatic carboxylic acids is 2. The minimum atomic E-state index is -2.31. The minimum Gasteiger partial charge on any atom is -0.547 e. The van der Waals surface area contributed by atoms with Crippen LogP contribution in [0.2, 0.25) is 0 Å². The molecule has 0 radical (unpaired) electrons. The van der Waals surface area contributed by atoms with Gasteiger partial charge in [-0.1, -0.05) is 0 Å². The molecule has 0 aromatic rings. The summed E-state index contributed by atoms with van der Waals surface area (Å²) in [7, 11) is 0. The Hall–Kier alpha value is -1.02. The molecule has 178 valence electrons. The Morgan fingerprint density at radius 3 is 0.966 bits per heavy atom. The molecule has 0 unspecified atom stereocenters. The van der Waals surface area contributed by atoms with E-state index in [1.54, 1.807) is 0 Å². The summed E-state index contributed by atoms with van der Waals surface area (Å²) < 4.78 is 0. The van der Waals surface area contributed by atoms with Crippen molar-refractivity contribution in [1.29, 1.82) is 0 Å². The number of hydrogen-bond donors (Lipinski definition) is 10. The van der Waals surface area contributed by atoms with E-state index in [2.05, 4.69) is 0 Å². The summed E-state index contributed by atoms with van der Waals surface area (Å²) in [5.74, 6) is -3.95. The maximum absolute atomic E-state index is 9.98. The molecular formula is C12H27FeO16+. The molecule has 16 nitrogen and oxygen atoms in total. The fraction of sp³-hybridized carbons (Fsp3) is 0.833. The second kappa shape index (κ2) is 19.0. The number of carbonyl (C=O) groups is 2. The zero-order valence-corrected chi connectivity index (χ0v) is 15.7. The van der Waals surface area contributed by atoms with Crippen molar-refractivity contribution < 1.29 is 98.9 Å². The van der Waals surface area contributed by atoms with Crippen LogP contribution in [0.4, 0.5) is 0 Å². The number of aliphatic hydroxyl groups excluding tert-OH is 10. The Labute approximate surface area is 173 Å². The van der Waals surface area contributed by atoms with Gasteiger partial charge in [-0.3, -0.25) is 0 Å². The van der Waals surface area contributed by atoms with Gasteiger partial charge in [0.05, 0.1) is 25.2 Å². The van der Waals surface area contributed by atoms with Crippen molar-refractivity contribution >= 4 is 11.9 Å². The van der Waals surface area contributed by atoms with Crippen molar-refractivity contribution in [1.82, 2.24) is 0 Å². The molecule has 0 spiro atoms. The fourth-order valence-corrected chi connectivity index (χ4v) is 1.32. The Morgan fingerprint density at radius 1 is 0.621 bits per heavy atom. The number of carboxylic acid groups (broad SMARTS) is 2. The Bertz CT molecular complexity index is 387. The summed E-state index contributed by atoms with van der Waals surface area (Å²) in [6, 6.07) is 0. The van der Waals surface area contributed by atoms with E-state index >= 15 is 0 Å². The first-order valence-corrected chi connectivity index (χ1v) is 6.91. The van der Waals surface area contributed by atoms with Gasteiger partial charge < -0.3 is 81.8 Å². The van der Waals surface area contributed by atoms with Gasteiger partial charge in [-0.15, -0.1) is 0 Å². The van der Waals surface area contributed by atoms with Crippen LogP contribution >= 0.6 is 0 Å². The maximum Gasteiger partial charge on any atom is 2.00 e. The van der Waals surface area contributed by atoms with Gasteiger partial charge in [-0.05, 0) is 0 Å². The van der Waals surface area contributed by atoms with Gasteiger partial charge >= 0.3 is 17.1 Å². The SMILES string of the molecule is O.O=C([O-])[C@H](O)[C@@H](O)[C@H](O)[C@H](O)CO.O=C([O-])[C@H](O)[C@@H](O)[C@H](O)[C@H](O)CO.[Fe+2].[OH3+]. The predicted molar refractivity (Wildman–Crippen MR) is 80.7 cm³/mol. The van der Waals surface area contributed by atoms with E-state index in [-0.39, 0.29) is 28.0 Å². The average molecular weight is 483 g/mol. The van der Waals surface area contributed by atoms with Gasteiger partial charge in [0.15, 0.2) is 0 Å². The second-order valence-electron chi connectivity index (χ2n) is 4.99. The first-order chi connectivity index (χ1) is 11.8. The molecule has 0 aliphatic rings. The third kappa shape index (κ3) is 13.8. The summed E-state index contributed by atoms with van der Waals surface area (Å²) >= 11 is 0. The zero-order valence-electron chi connectivity index (χ0n) is 14.6. The number of carboxylic acids is 2. The molecule has 29 heavy (non-hydrogen) atoms. The average Bonchev–Trinajstić information content (AvgIpc) is 2.62. The van der Waals surface area contributed by atoms with E-state index < -0.39 is 74.0 Å². The molecule has 0 aliphatic carbocycles. The first-order valence-electron chi connectivity index (χ1n) is 6.91. The topological polar surface area (TPSA) is 347 Å². The number of hydrogen-bond acceptors (Lipinski definition) is 14. The molecule has 0 bridgehead atoms. The molecule has 0 amide bonds. The van der Waals surface area contributed by atoms with Gasteiger partial charge in [-0.25, -0.2) is 0 Å². The number of carbonyl (C=O) groups excluding carboxylic acids is 2. The molecule has 0 aromatic carbocycles. The van der Waals surface area contributed by atoms with Crippen LogP contribution in [0.3, 0.4) is 0 Å². The van der Waals surface area contributed by atoms with Crippen LogP contribution in [0.15, 0.2) is 0 Å². The molecular weight excluding hydrogens is 456 g/mol. The molecule has 0 aromatic heterocycles. The van der Waals surface area contributed by atoms with E-state index in [4.69, 9.17) is 51.1 Å². The normalized spacial score (nSPS) is 18.3. The molecule has 0 rings (SSSR count). The summed E-state index contributed by atoms with van der Waals surface area (Å²) in [5.41, 5.74) is 0. The van der Waals surface area contributed by atoms with Crippen LogP contribution < -0.4 is 10.2 Å². The Kier molecular flexibility index (Phi) is 25.2. The Balaban J connectivity index is -0.000000120. The van der Waals surface area contributed by atoms with E-state index in [0.29, 0.717) is 0 Å². The van der Waals surface area contributed by atoms with Gasteiger partial charge in [0.2, 0.25) is 0 Å². The standard InChI is InChI=1S/2C6H12O7.Fe.2H2O/c2*7-1-2(8)3(9)4(10)5(11)6(12)13;;;/h2*2-5,7-11H,1H2,(H,12,13);;2*1H2/q;;+2;;/p-1/t2*2-,3-,4+,5-;;;/m11.../s1. The molecule has 0 saturated carbocycles. The number of aliphatic hydroxyl groups is 10. The fourth-order valence-electron chi connectivity index (χ4n) is 1.32. The van der Waals surface area contributed by atoms with Gasteiger partial charge in [0.25, 0.3) is 0 Å². The van der Waals surface area contributed by atoms with E-state index in [1.807, 2.05) is 0 Å². The third-order valence-corrected chi connectivity index (χ3v) is 2.99. The largest absolute Gasteiger partial charge is 2.00 e. The second-order valence-corrected chi connectivity index (χ2v) is 4.99. The predicted octanol–water partition coefficient (Wildman–Crippen LogP) is -11.4. The molecule has 0 saturated heterocycles. The van der Waals surface area contributed by atoms with Crippen molar-refractivity contribution in [3.05, 3.63) is 0 Å². The van der Waals surface area contributed by atoms with Crippen molar-refractivity contribution in [3.8, 4) is 0 Å². The molecule has 17 heteroatoms. The summed E-state index contributed by atoms with van der Waals surface area (Å²) in [6.45, 7) is -1.73. The smallest absolute Gasteiger partial charge is 0.547 e. The minimum absolute atomic E-state index is 0. The summed E-state index contributed by atoms with van der Waals surface area (Å²) in [6.07, 6.45) is -16.2. The summed E-state index contributed by atoms with van der Waals surface area (Å²) in [5, 5.41) is 107. The van der Waals surface area contributed by atoms with Crippen LogP contribution in [-0.2, 0) is 32.1 Å². The molecule has 0 aliphatic heterocycles. The van der Waals surface area contributed by atoms with Crippen molar-refractivity contribution in [2.45, 2.75) is 48.8 Å². The quantitative estimate of drug-likeness (QED) is 0.102. The van der Waals surface area contributed by atoms with E-state index in [0.717, 1.165) is 0 Å². The van der Waals surface area contributed by atoms with Crippen LogP contribution in [0.25, 0.3) is 0 Å². The van der Waals surface area contributed by atoms with Crippen molar-refractivity contribution in [2.24, 2.45) is 0 Å². The van der Waals surface area contributed by atoms with E-state index in [1.165, 1.54) is 0 Å². The molecule has 15 N–H and O–H groups in total. The molecule has 0 heterocycles. The van der Waals surface area contributed by atoms with Crippen LogP contribution in [0.1, 0.15) is 0 Å². The maximum atomic E-state index is 9.98. The van der Waals surface area contributed by atoms with Crippen LogP contribution in [-0.4, -0.2) is 131 Å². The Morgan fingerprint density at radius 2 is 0.828 bits per heavy atom. The van der Waals surface area contributed by atoms with Crippen LogP contribution in [0.5, 0.6) is 0 Å². The number of rotatable bonds is 10. The monoisotopic (exact) mass is 483 g/mol. The van der Waals surface area contributed by atoms with Crippen LogP contribution in [0, 0.1) is 0 Å². The zero-order chi connectivity index (χ0) is 21.2. The molecule has 8 atom stereocenters. The van der Waals surface area contributed by atoms with Gasteiger partial charge in [0.1, 0.15) is 48.8 Å². The van der Waals surface area contributed by atoms with Gasteiger partial charge in [-0.2, -0.15) is 0 Å². The summed E-state index contributed by atoms with van der Waals surface area (Å²) in [4.78, 5) is 20.0. The van der Waals surface area contributed by atoms with Crippen molar-refractivity contribution in [2.75, 3.05) is 13.2 Å². The van der Waals surface area contributed by atoms with Crippen molar-refractivity contribution in [3.63, 3.8) is 0 Å².